The summed E-state index contributed by atoms with van der Waals surface area (Å²) in [5.74, 6) is -0.706. The van der Waals surface area contributed by atoms with Crippen molar-refractivity contribution >= 4 is 15.9 Å². The first-order valence-corrected chi connectivity index (χ1v) is 11.3. The van der Waals surface area contributed by atoms with Gasteiger partial charge in [-0.1, -0.05) is 36.4 Å². The van der Waals surface area contributed by atoms with Gasteiger partial charge in [0.05, 0.1) is 6.54 Å². The van der Waals surface area contributed by atoms with E-state index in [1.807, 2.05) is 12.1 Å². The van der Waals surface area contributed by atoms with Crippen molar-refractivity contribution in [3.05, 3.63) is 65.5 Å². The van der Waals surface area contributed by atoms with Crippen LogP contribution in [-0.4, -0.2) is 62.8 Å². The van der Waals surface area contributed by atoms with Crippen molar-refractivity contribution in [1.29, 1.82) is 0 Å². The molecule has 0 aromatic heterocycles. The van der Waals surface area contributed by atoms with E-state index in [1.54, 1.807) is 4.90 Å². The Hall–Kier alpha value is -2.29. The number of rotatable bonds is 4. The smallest absolute Gasteiger partial charge is 0.277 e. The lowest BCUT2D eigenvalue weighted by Gasteiger charge is -2.35. The van der Waals surface area contributed by atoms with E-state index >= 15 is 0 Å². The van der Waals surface area contributed by atoms with Crippen LogP contribution in [0.2, 0.25) is 0 Å². The van der Waals surface area contributed by atoms with Gasteiger partial charge in [-0.3, -0.25) is 4.79 Å². The summed E-state index contributed by atoms with van der Waals surface area (Å²) in [6, 6.07) is 13.7. The van der Waals surface area contributed by atoms with Crippen molar-refractivity contribution in [2.45, 2.75) is 17.9 Å². The molecule has 6 nitrogen and oxygen atoms in total. The van der Waals surface area contributed by atoms with E-state index < -0.39 is 15.8 Å². The normalized spacial score (nSPS) is 20.3. The van der Waals surface area contributed by atoms with Gasteiger partial charge in [-0.15, -0.1) is 0 Å². The molecule has 1 atom stereocenters. The number of nitrogens with zero attached hydrogens (tertiary/aromatic N) is 2. The molecule has 2 aromatic rings. The van der Waals surface area contributed by atoms with Crippen molar-refractivity contribution in [3.63, 3.8) is 0 Å². The number of quaternary nitrogens is 1. The van der Waals surface area contributed by atoms with Crippen LogP contribution in [0.5, 0.6) is 0 Å². The quantitative estimate of drug-likeness (QED) is 0.777. The molecule has 154 valence electrons. The van der Waals surface area contributed by atoms with E-state index in [4.69, 9.17) is 0 Å². The summed E-state index contributed by atoms with van der Waals surface area (Å²) in [5, 5.41) is 0. The molecule has 1 fully saturated rings. The van der Waals surface area contributed by atoms with Crippen molar-refractivity contribution in [2.75, 3.05) is 39.3 Å². The molecule has 0 saturated carbocycles. The summed E-state index contributed by atoms with van der Waals surface area (Å²) in [6.45, 7) is 3.19. The number of carbonyl (C=O) groups excluding carboxylic acids is 1. The zero-order valence-electron chi connectivity index (χ0n) is 16.2. The second-order valence-electron chi connectivity index (χ2n) is 7.59. The summed E-state index contributed by atoms with van der Waals surface area (Å²) < 4.78 is 40.6. The highest BCUT2D eigenvalue weighted by Crippen LogP contribution is 2.20. The third-order valence-electron chi connectivity index (χ3n) is 5.75. The highest BCUT2D eigenvalue weighted by molar-refractivity contribution is 7.89. The van der Waals surface area contributed by atoms with Crippen LogP contribution in [0, 0.1) is 5.82 Å². The number of fused-ring (bicyclic) bond motifs is 1. The Morgan fingerprint density at radius 1 is 0.966 bits per heavy atom. The lowest BCUT2D eigenvalue weighted by atomic mass is 10.00. The standard InChI is InChI=1S/C21H24FN3O3S/c22-19-7-3-4-8-20(19)29(27,28)25-13-11-24(12-14-25)21(26)16-23-10-9-17-5-1-2-6-18(17)15-23/h1-8H,9-16H2/p+1. The molecule has 2 heterocycles. The molecule has 4 rings (SSSR count). The summed E-state index contributed by atoms with van der Waals surface area (Å²) in [4.78, 5) is 15.4. The Labute approximate surface area is 170 Å². The number of hydrogen-bond acceptors (Lipinski definition) is 3. The van der Waals surface area contributed by atoms with E-state index in [0.717, 1.165) is 25.6 Å². The third kappa shape index (κ3) is 4.19. The van der Waals surface area contributed by atoms with Crippen LogP contribution in [0.4, 0.5) is 4.39 Å². The maximum Gasteiger partial charge on any atom is 0.277 e. The molecular formula is C21H25FN3O3S+. The molecule has 0 radical (unpaired) electrons. The summed E-state index contributed by atoms with van der Waals surface area (Å²) in [5.41, 5.74) is 2.65. The van der Waals surface area contributed by atoms with Crippen LogP contribution >= 0.6 is 0 Å². The maximum atomic E-state index is 13.9. The fourth-order valence-corrected chi connectivity index (χ4v) is 5.58. The van der Waals surface area contributed by atoms with Gasteiger partial charge in [-0.2, -0.15) is 4.31 Å². The van der Waals surface area contributed by atoms with Crippen LogP contribution in [0.1, 0.15) is 11.1 Å². The largest absolute Gasteiger partial charge is 0.335 e. The van der Waals surface area contributed by atoms with Crippen LogP contribution in [0.3, 0.4) is 0 Å². The van der Waals surface area contributed by atoms with Gasteiger partial charge < -0.3 is 9.80 Å². The van der Waals surface area contributed by atoms with Crippen LogP contribution in [0.25, 0.3) is 0 Å². The van der Waals surface area contributed by atoms with E-state index in [2.05, 4.69) is 12.1 Å². The Morgan fingerprint density at radius 3 is 2.34 bits per heavy atom. The average molecular weight is 419 g/mol. The highest BCUT2D eigenvalue weighted by atomic mass is 32.2. The van der Waals surface area contributed by atoms with Gasteiger partial charge in [-0.05, 0) is 17.7 Å². The van der Waals surface area contributed by atoms with Crippen LogP contribution < -0.4 is 4.90 Å². The van der Waals surface area contributed by atoms with Crippen molar-refractivity contribution in [3.8, 4) is 0 Å². The van der Waals surface area contributed by atoms with Gasteiger partial charge >= 0.3 is 0 Å². The van der Waals surface area contributed by atoms with Gasteiger partial charge in [0.1, 0.15) is 17.3 Å². The number of halogens is 1. The Kier molecular flexibility index (Phi) is 5.67. The Balaban J connectivity index is 1.34. The molecule has 1 N–H and O–H groups in total. The number of amides is 1. The molecule has 2 aliphatic rings. The number of sulfonamides is 1. The molecule has 29 heavy (non-hydrogen) atoms. The number of piperazine rings is 1. The van der Waals surface area contributed by atoms with Gasteiger partial charge in [-0.25, -0.2) is 12.8 Å². The van der Waals surface area contributed by atoms with E-state index in [9.17, 15) is 17.6 Å². The van der Waals surface area contributed by atoms with Gasteiger partial charge in [0.25, 0.3) is 5.91 Å². The minimum absolute atomic E-state index is 0.0438. The molecule has 0 aliphatic carbocycles. The predicted octanol–water partition coefficient (Wildman–Crippen LogP) is 0.300. The molecule has 2 aliphatic heterocycles. The average Bonchev–Trinajstić information content (AvgIpc) is 2.74. The van der Waals surface area contributed by atoms with Crippen molar-refractivity contribution < 1.29 is 22.5 Å². The fourth-order valence-electron chi connectivity index (χ4n) is 4.09. The van der Waals surface area contributed by atoms with Gasteiger partial charge in [0, 0.05) is 38.2 Å². The zero-order valence-corrected chi connectivity index (χ0v) is 17.0. The zero-order chi connectivity index (χ0) is 20.4. The lowest BCUT2D eigenvalue weighted by molar-refractivity contribution is -0.908. The molecule has 0 bridgehead atoms. The van der Waals surface area contributed by atoms with E-state index in [-0.39, 0.29) is 23.9 Å². The van der Waals surface area contributed by atoms with Crippen LogP contribution in [0.15, 0.2) is 53.4 Å². The summed E-state index contributed by atoms with van der Waals surface area (Å²) >= 11 is 0. The molecule has 1 unspecified atom stereocenters. The summed E-state index contributed by atoms with van der Waals surface area (Å²) in [6.07, 6.45) is 0.966. The number of nitrogens with one attached hydrogen (secondary N) is 1. The second kappa shape index (κ2) is 8.22. The van der Waals surface area contributed by atoms with Crippen LogP contribution in [-0.2, 0) is 27.8 Å². The molecule has 2 aromatic carbocycles. The molecule has 0 spiro atoms. The predicted molar refractivity (Wildman–Crippen MR) is 106 cm³/mol. The third-order valence-corrected chi connectivity index (χ3v) is 7.69. The minimum Gasteiger partial charge on any atom is -0.335 e. The maximum absolute atomic E-state index is 13.9. The first-order chi connectivity index (χ1) is 13.9. The highest BCUT2D eigenvalue weighted by Gasteiger charge is 2.33. The molecule has 8 heteroatoms. The molecule has 1 amide bonds. The Bertz CT molecular complexity index is 1000. The number of benzene rings is 2. The van der Waals surface area contributed by atoms with Gasteiger partial charge in [0.2, 0.25) is 10.0 Å². The number of carbonyl (C=O) groups is 1. The monoisotopic (exact) mass is 418 g/mol. The minimum atomic E-state index is -3.89. The SMILES string of the molecule is O=C(C[NH+]1CCc2ccccc2C1)N1CCN(S(=O)(=O)c2ccccc2F)CC1. The van der Waals surface area contributed by atoms with Crippen molar-refractivity contribution in [1.82, 2.24) is 9.21 Å². The first kappa shape index (κ1) is 20.0. The Morgan fingerprint density at radius 2 is 1.62 bits per heavy atom. The van der Waals surface area contributed by atoms with Gasteiger partial charge in [0.15, 0.2) is 6.54 Å². The summed E-state index contributed by atoms with van der Waals surface area (Å²) in [7, 11) is -3.89. The lowest BCUT2D eigenvalue weighted by Crippen LogP contribution is -3.12. The van der Waals surface area contributed by atoms with E-state index in [0.29, 0.717) is 19.6 Å². The fraction of sp³-hybridized carbons (Fsp3) is 0.381. The molecular weight excluding hydrogens is 393 g/mol. The van der Waals surface area contributed by atoms with E-state index in [1.165, 1.54) is 38.5 Å². The molecule has 1 saturated heterocycles. The number of hydrogen-bond donors (Lipinski definition) is 1. The topological polar surface area (TPSA) is 62.1 Å². The first-order valence-electron chi connectivity index (χ1n) is 9.88. The van der Waals surface area contributed by atoms with Crippen molar-refractivity contribution in [2.24, 2.45) is 0 Å². The second-order valence-corrected chi connectivity index (χ2v) is 9.49.